The Bertz CT molecular complexity index is 582. The lowest BCUT2D eigenvalue weighted by Gasteiger charge is -2.21. The molecule has 0 spiro atoms. The van der Waals surface area contributed by atoms with E-state index in [-0.39, 0.29) is 12.0 Å². The van der Waals surface area contributed by atoms with Crippen molar-refractivity contribution in [3.63, 3.8) is 0 Å². The van der Waals surface area contributed by atoms with Gasteiger partial charge >= 0.3 is 0 Å². The maximum absolute atomic E-state index is 9.26. The molecule has 86 valence electrons. The Labute approximate surface area is 102 Å². The van der Waals surface area contributed by atoms with Crippen molar-refractivity contribution < 1.29 is 5.11 Å². The molecule has 0 atom stereocenters. The van der Waals surface area contributed by atoms with Crippen molar-refractivity contribution in [3.8, 4) is 11.1 Å². The number of hydrogen-bond acceptors (Lipinski definition) is 1. The first-order chi connectivity index (χ1) is 8.14. The van der Waals surface area contributed by atoms with Crippen molar-refractivity contribution in [3.05, 3.63) is 59.2 Å². The Kier molecular flexibility index (Phi) is 2.14. The van der Waals surface area contributed by atoms with Gasteiger partial charge in [-0.3, -0.25) is 0 Å². The molecule has 0 aliphatic heterocycles. The third-order valence-corrected chi connectivity index (χ3v) is 3.83. The molecule has 1 aliphatic carbocycles. The van der Waals surface area contributed by atoms with Crippen molar-refractivity contribution >= 4 is 0 Å². The van der Waals surface area contributed by atoms with Crippen LogP contribution in [0, 0.1) is 0 Å². The average Bonchev–Trinajstić information content (AvgIpc) is 2.59. The molecule has 0 heterocycles. The summed E-state index contributed by atoms with van der Waals surface area (Å²) in [5.41, 5.74) is 6.37. The minimum absolute atomic E-state index is 0.0388. The van der Waals surface area contributed by atoms with Gasteiger partial charge < -0.3 is 5.11 Å². The van der Waals surface area contributed by atoms with Crippen LogP contribution in [0.2, 0.25) is 0 Å². The highest BCUT2D eigenvalue weighted by atomic mass is 16.3. The summed E-state index contributed by atoms with van der Waals surface area (Å²) < 4.78 is 0. The van der Waals surface area contributed by atoms with Gasteiger partial charge in [0.2, 0.25) is 0 Å². The highest BCUT2D eigenvalue weighted by Gasteiger charge is 2.34. The van der Waals surface area contributed by atoms with Gasteiger partial charge in [-0.2, -0.15) is 0 Å². The first kappa shape index (κ1) is 10.5. The molecule has 0 fully saturated rings. The first-order valence-corrected chi connectivity index (χ1v) is 5.99. The number of aliphatic hydroxyl groups excluding tert-OH is 1. The molecule has 2 aromatic carbocycles. The molecule has 17 heavy (non-hydrogen) atoms. The average molecular weight is 224 g/mol. The van der Waals surface area contributed by atoms with E-state index in [9.17, 15) is 5.11 Å². The fraction of sp³-hybridized carbons (Fsp3) is 0.250. The largest absolute Gasteiger partial charge is 0.392 e. The third-order valence-electron chi connectivity index (χ3n) is 3.83. The van der Waals surface area contributed by atoms with E-state index < -0.39 is 0 Å². The molecule has 1 N–H and O–H groups in total. The summed E-state index contributed by atoms with van der Waals surface area (Å²) in [5.74, 6) is 0. The maximum atomic E-state index is 9.26. The summed E-state index contributed by atoms with van der Waals surface area (Å²) >= 11 is 0. The van der Waals surface area contributed by atoms with E-state index in [0.29, 0.717) is 0 Å². The summed E-state index contributed by atoms with van der Waals surface area (Å²) in [6.45, 7) is 4.61. The number of benzene rings is 2. The van der Waals surface area contributed by atoms with Crippen LogP contribution in [0.15, 0.2) is 42.5 Å². The highest BCUT2D eigenvalue weighted by Crippen LogP contribution is 2.48. The molecular weight excluding hydrogens is 208 g/mol. The Balaban J connectivity index is 2.32. The summed E-state index contributed by atoms with van der Waals surface area (Å²) in [4.78, 5) is 0. The maximum Gasteiger partial charge on any atom is 0.0681 e. The fourth-order valence-electron chi connectivity index (χ4n) is 2.85. The number of fused-ring (bicyclic) bond motifs is 3. The van der Waals surface area contributed by atoms with E-state index in [2.05, 4.69) is 50.2 Å². The van der Waals surface area contributed by atoms with Crippen LogP contribution in [-0.2, 0) is 12.0 Å². The van der Waals surface area contributed by atoms with Crippen LogP contribution in [-0.4, -0.2) is 5.11 Å². The monoisotopic (exact) mass is 224 g/mol. The van der Waals surface area contributed by atoms with E-state index in [1.54, 1.807) is 0 Å². The first-order valence-electron chi connectivity index (χ1n) is 5.99. The molecule has 0 bridgehead atoms. The van der Waals surface area contributed by atoms with Crippen LogP contribution in [0.3, 0.4) is 0 Å². The van der Waals surface area contributed by atoms with Crippen LogP contribution >= 0.6 is 0 Å². The number of hydrogen-bond donors (Lipinski definition) is 1. The lowest BCUT2D eigenvalue weighted by Crippen LogP contribution is -2.15. The Morgan fingerprint density at radius 1 is 0.941 bits per heavy atom. The normalized spacial score (nSPS) is 15.5. The second-order valence-corrected chi connectivity index (χ2v) is 5.21. The molecule has 1 aliphatic rings. The van der Waals surface area contributed by atoms with E-state index in [1.807, 2.05) is 6.07 Å². The molecule has 0 aromatic heterocycles. The minimum Gasteiger partial charge on any atom is -0.392 e. The predicted octanol–water partition coefficient (Wildman–Crippen LogP) is 3.49. The van der Waals surface area contributed by atoms with Crippen LogP contribution in [0.4, 0.5) is 0 Å². The van der Waals surface area contributed by atoms with Crippen LogP contribution < -0.4 is 0 Å². The molecule has 0 amide bonds. The molecule has 3 rings (SSSR count). The molecule has 1 heteroatoms. The second kappa shape index (κ2) is 3.44. The van der Waals surface area contributed by atoms with Gasteiger partial charge in [0.05, 0.1) is 6.61 Å². The Morgan fingerprint density at radius 3 is 2.41 bits per heavy atom. The van der Waals surface area contributed by atoms with Gasteiger partial charge in [0.25, 0.3) is 0 Å². The van der Waals surface area contributed by atoms with Crippen molar-refractivity contribution in [2.24, 2.45) is 0 Å². The SMILES string of the molecule is CC1(C)c2ccccc2-c2ccc(CO)cc21. The smallest absolute Gasteiger partial charge is 0.0681 e. The van der Waals surface area contributed by atoms with Crippen molar-refractivity contribution in [1.82, 2.24) is 0 Å². The zero-order chi connectivity index (χ0) is 12.0. The van der Waals surface area contributed by atoms with E-state index >= 15 is 0 Å². The van der Waals surface area contributed by atoms with Crippen molar-refractivity contribution in [1.29, 1.82) is 0 Å². The molecule has 0 saturated heterocycles. The molecule has 0 saturated carbocycles. The Hall–Kier alpha value is -1.60. The second-order valence-electron chi connectivity index (χ2n) is 5.21. The number of rotatable bonds is 1. The van der Waals surface area contributed by atoms with Crippen LogP contribution in [0.5, 0.6) is 0 Å². The van der Waals surface area contributed by atoms with E-state index in [4.69, 9.17) is 0 Å². The zero-order valence-corrected chi connectivity index (χ0v) is 10.2. The quantitative estimate of drug-likeness (QED) is 0.786. The van der Waals surface area contributed by atoms with Gasteiger partial charge in [0, 0.05) is 5.41 Å². The van der Waals surface area contributed by atoms with E-state index in [1.165, 1.54) is 22.3 Å². The van der Waals surface area contributed by atoms with Crippen LogP contribution in [0.25, 0.3) is 11.1 Å². The lowest BCUT2D eigenvalue weighted by atomic mass is 9.82. The summed E-state index contributed by atoms with van der Waals surface area (Å²) in [7, 11) is 0. The van der Waals surface area contributed by atoms with Gasteiger partial charge in [-0.25, -0.2) is 0 Å². The highest BCUT2D eigenvalue weighted by molar-refractivity contribution is 5.80. The van der Waals surface area contributed by atoms with Gasteiger partial charge in [-0.15, -0.1) is 0 Å². The topological polar surface area (TPSA) is 20.2 Å². The summed E-state index contributed by atoms with van der Waals surface area (Å²) in [5, 5.41) is 9.26. The summed E-state index contributed by atoms with van der Waals surface area (Å²) in [6, 6.07) is 14.8. The third kappa shape index (κ3) is 1.36. The molecule has 1 nitrogen and oxygen atoms in total. The molecule has 0 radical (unpaired) electrons. The molecule has 0 unspecified atom stereocenters. The molecular formula is C16H16O. The molecule has 2 aromatic rings. The van der Waals surface area contributed by atoms with Gasteiger partial charge in [0.1, 0.15) is 0 Å². The van der Waals surface area contributed by atoms with Gasteiger partial charge in [-0.05, 0) is 27.8 Å². The van der Waals surface area contributed by atoms with E-state index in [0.717, 1.165) is 5.56 Å². The van der Waals surface area contributed by atoms with Crippen LogP contribution in [0.1, 0.15) is 30.5 Å². The van der Waals surface area contributed by atoms with Crippen molar-refractivity contribution in [2.75, 3.05) is 0 Å². The Morgan fingerprint density at radius 2 is 1.65 bits per heavy atom. The minimum atomic E-state index is 0.0388. The summed E-state index contributed by atoms with van der Waals surface area (Å²) in [6.07, 6.45) is 0. The predicted molar refractivity (Wildman–Crippen MR) is 69.9 cm³/mol. The number of aliphatic hydroxyl groups is 1. The van der Waals surface area contributed by atoms with Crippen molar-refractivity contribution in [2.45, 2.75) is 25.9 Å². The fourth-order valence-corrected chi connectivity index (χ4v) is 2.85. The lowest BCUT2D eigenvalue weighted by molar-refractivity contribution is 0.281. The standard InChI is InChI=1S/C16H16O/c1-16(2)14-6-4-3-5-12(14)13-8-7-11(10-17)9-15(13)16/h3-9,17H,10H2,1-2H3. The van der Waals surface area contributed by atoms with Gasteiger partial charge in [-0.1, -0.05) is 56.3 Å². The van der Waals surface area contributed by atoms with Gasteiger partial charge in [0.15, 0.2) is 0 Å². The zero-order valence-electron chi connectivity index (χ0n) is 10.2.